The molecular formula is C10H18N4. The molecule has 0 saturated heterocycles. The summed E-state index contributed by atoms with van der Waals surface area (Å²) in [5.74, 6) is 6.41. The van der Waals surface area contributed by atoms with Crippen LogP contribution in [-0.4, -0.2) is 9.78 Å². The number of aromatic nitrogens is 2. The van der Waals surface area contributed by atoms with Crippen LogP contribution in [0, 0.1) is 5.92 Å². The van der Waals surface area contributed by atoms with Crippen LogP contribution in [0.1, 0.15) is 37.3 Å². The molecule has 0 amide bonds. The maximum absolute atomic E-state index is 5.55. The van der Waals surface area contributed by atoms with Crippen molar-refractivity contribution in [3.63, 3.8) is 0 Å². The zero-order valence-electron chi connectivity index (χ0n) is 8.61. The highest BCUT2D eigenvalue weighted by molar-refractivity contribution is 5.10. The van der Waals surface area contributed by atoms with Crippen LogP contribution in [0.5, 0.6) is 0 Å². The van der Waals surface area contributed by atoms with Crippen LogP contribution in [-0.2, 0) is 7.05 Å². The van der Waals surface area contributed by atoms with Gasteiger partial charge in [-0.15, -0.1) is 0 Å². The number of aryl methyl sites for hydroxylation is 1. The summed E-state index contributed by atoms with van der Waals surface area (Å²) in [5, 5.41) is 4.16. The number of nitrogens with one attached hydrogen (secondary N) is 1. The Morgan fingerprint density at radius 2 is 2.50 bits per heavy atom. The summed E-state index contributed by atoms with van der Waals surface area (Å²) >= 11 is 0. The van der Waals surface area contributed by atoms with Gasteiger partial charge < -0.3 is 0 Å². The van der Waals surface area contributed by atoms with Gasteiger partial charge in [-0.05, 0) is 12.3 Å². The number of rotatable bonds is 4. The molecule has 0 aromatic carbocycles. The van der Waals surface area contributed by atoms with Crippen LogP contribution in [0.4, 0.5) is 0 Å². The third-order valence-corrected chi connectivity index (χ3v) is 3.12. The van der Waals surface area contributed by atoms with Crippen molar-refractivity contribution in [2.24, 2.45) is 18.8 Å². The molecule has 78 valence electrons. The van der Waals surface area contributed by atoms with Gasteiger partial charge in [0.25, 0.3) is 0 Å². The lowest BCUT2D eigenvalue weighted by atomic mass is 9.80. The van der Waals surface area contributed by atoms with Gasteiger partial charge in [0.1, 0.15) is 0 Å². The van der Waals surface area contributed by atoms with Crippen molar-refractivity contribution in [3.05, 3.63) is 18.0 Å². The molecule has 1 aliphatic carbocycles. The van der Waals surface area contributed by atoms with Crippen LogP contribution < -0.4 is 11.3 Å². The fourth-order valence-electron chi connectivity index (χ4n) is 1.98. The van der Waals surface area contributed by atoms with Gasteiger partial charge in [-0.25, -0.2) is 0 Å². The van der Waals surface area contributed by atoms with Gasteiger partial charge in [-0.3, -0.25) is 16.0 Å². The van der Waals surface area contributed by atoms with Crippen molar-refractivity contribution in [2.45, 2.75) is 31.7 Å². The Morgan fingerprint density at radius 1 is 1.71 bits per heavy atom. The van der Waals surface area contributed by atoms with Crippen LogP contribution >= 0.6 is 0 Å². The average Bonchev–Trinajstić information content (AvgIpc) is 2.50. The van der Waals surface area contributed by atoms with Crippen LogP contribution in [0.25, 0.3) is 0 Å². The van der Waals surface area contributed by atoms with Crippen LogP contribution in [0.3, 0.4) is 0 Å². The molecule has 1 aliphatic rings. The summed E-state index contributed by atoms with van der Waals surface area (Å²) in [4.78, 5) is 0. The molecule has 1 aromatic heterocycles. The molecule has 1 saturated carbocycles. The van der Waals surface area contributed by atoms with E-state index in [-0.39, 0.29) is 6.04 Å². The molecule has 1 atom stereocenters. The fourth-order valence-corrected chi connectivity index (χ4v) is 1.98. The van der Waals surface area contributed by atoms with Crippen molar-refractivity contribution in [1.82, 2.24) is 15.2 Å². The fraction of sp³-hybridized carbons (Fsp3) is 0.700. The molecule has 1 fully saturated rings. The predicted molar refractivity (Wildman–Crippen MR) is 55.2 cm³/mol. The van der Waals surface area contributed by atoms with E-state index in [1.807, 2.05) is 24.1 Å². The van der Waals surface area contributed by atoms with Crippen LogP contribution in [0.2, 0.25) is 0 Å². The zero-order valence-corrected chi connectivity index (χ0v) is 8.61. The van der Waals surface area contributed by atoms with Crippen molar-refractivity contribution < 1.29 is 0 Å². The van der Waals surface area contributed by atoms with E-state index >= 15 is 0 Å². The summed E-state index contributed by atoms with van der Waals surface area (Å²) in [6, 6.07) is 0.272. The molecule has 0 aliphatic heterocycles. The Labute approximate surface area is 84.4 Å². The predicted octanol–water partition coefficient (Wildman–Crippen LogP) is 1.11. The lowest BCUT2D eigenvalue weighted by molar-refractivity contribution is 0.262. The second-order valence-corrected chi connectivity index (χ2v) is 4.20. The first-order valence-corrected chi connectivity index (χ1v) is 5.24. The van der Waals surface area contributed by atoms with Crippen LogP contribution in [0.15, 0.2) is 12.4 Å². The molecule has 1 unspecified atom stereocenters. The van der Waals surface area contributed by atoms with Gasteiger partial charge in [-0.2, -0.15) is 5.10 Å². The second kappa shape index (κ2) is 4.11. The maximum Gasteiger partial charge on any atom is 0.0538 e. The zero-order chi connectivity index (χ0) is 9.97. The minimum absolute atomic E-state index is 0.272. The first-order valence-electron chi connectivity index (χ1n) is 5.24. The van der Waals surface area contributed by atoms with E-state index in [4.69, 9.17) is 5.84 Å². The highest BCUT2D eigenvalue weighted by Crippen LogP contribution is 2.34. The molecule has 4 heteroatoms. The third-order valence-electron chi connectivity index (χ3n) is 3.12. The van der Waals surface area contributed by atoms with Crippen molar-refractivity contribution >= 4 is 0 Å². The van der Waals surface area contributed by atoms with E-state index in [0.29, 0.717) is 0 Å². The van der Waals surface area contributed by atoms with E-state index in [1.165, 1.54) is 24.8 Å². The summed E-state index contributed by atoms with van der Waals surface area (Å²) in [5.41, 5.74) is 4.07. The SMILES string of the molecule is Cn1cc(C(CC2CCC2)NN)cn1. The molecule has 0 radical (unpaired) electrons. The largest absolute Gasteiger partial charge is 0.275 e. The van der Waals surface area contributed by atoms with Gasteiger partial charge in [0.2, 0.25) is 0 Å². The van der Waals surface area contributed by atoms with Crippen molar-refractivity contribution in [2.75, 3.05) is 0 Å². The number of nitrogens with two attached hydrogens (primary N) is 1. The Bertz CT molecular complexity index is 290. The highest BCUT2D eigenvalue weighted by atomic mass is 15.3. The van der Waals surface area contributed by atoms with E-state index in [0.717, 1.165) is 12.3 Å². The molecule has 0 spiro atoms. The molecular weight excluding hydrogens is 176 g/mol. The molecule has 3 N–H and O–H groups in total. The number of nitrogens with zero attached hydrogens (tertiary/aromatic N) is 2. The Morgan fingerprint density at radius 3 is 2.93 bits per heavy atom. The Balaban J connectivity index is 1.97. The summed E-state index contributed by atoms with van der Waals surface area (Å²) in [7, 11) is 1.93. The second-order valence-electron chi connectivity index (χ2n) is 4.20. The lowest BCUT2D eigenvalue weighted by Crippen LogP contribution is -2.30. The van der Waals surface area contributed by atoms with Gasteiger partial charge in [0.15, 0.2) is 0 Å². The summed E-state index contributed by atoms with van der Waals surface area (Å²) in [6.45, 7) is 0. The number of hydrogen-bond donors (Lipinski definition) is 2. The minimum atomic E-state index is 0.272. The van der Waals surface area contributed by atoms with Crippen molar-refractivity contribution in [3.8, 4) is 0 Å². The lowest BCUT2D eigenvalue weighted by Gasteiger charge is -2.28. The normalized spacial score (nSPS) is 19.3. The van der Waals surface area contributed by atoms with E-state index < -0.39 is 0 Å². The molecule has 4 nitrogen and oxygen atoms in total. The van der Waals surface area contributed by atoms with Gasteiger partial charge in [-0.1, -0.05) is 19.3 Å². The van der Waals surface area contributed by atoms with Crippen molar-refractivity contribution in [1.29, 1.82) is 0 Å². The standard InChI is InChI=1S/C10H18N4/c1-14-7-9(6-12-14)10(13-11)5-8-3-2-4-8/h6-8,10,13H,2-5,11H2,1H3. The minimum Gasteiger partial charge on any atom is -0.275 e. The molecule has 2 rings (SSSR count). The Kier molecular flexibility index (Phi) is 2.84. The first kappa shape index (κ1) is 9.68. The molecule has 1 heterocycles. The smallest absolute Gasteiger partial charge is 0.0538 e. The summed E-state index contributed by atoms with van der Waals surface area (Å²) in [6.07, 6.45) is 9.17. The monoisotopic (exact) mass is 194 g/mol. The molecule has 0 bridgehead atoms. The summed E-state index contributed by atoms with van der Waals surface area (Å²) < 4.78 is 1.82. The third kappa shape index (κ3) is 1.96. The van der Waals surface area contributed by atoms with E-state index in [2.05, 4.69) is 10.5 Å². The first-order chi connectivity index (χ1) is 6.79. The topological polar surface area (TPSA) is 55.9 Å². The van der Waals surface area contributed by atoms with Gasteiger partial charge in [0.05, 0.1) is 6.20 Å². The number of hydrogen-bond acceptors (Lipinski definition) is 3. The van der Waals surface area contributed by atoms with E-state index in [1.54, 1.807) is 0 Å². The number of hydrazine groups is 1. The molecule has 1 aromatic rings. The highest BCUT2D eigenvalue weighted by Gasteiger charge is 2.22. The average molecular weight is 194 g/mol. The van der Waals surface area contributed by atoms with Gasteiger partial charge >= 0.3 is 0 Å². The Hall–Kier alpha value is -0.870. The maximum atomic E-state index is 5.55. The quantitative estimate of drug-likeness (QED) is 0.557. The van der Waals surface area contributed by atoms with Gasteiger partial charge in [0, 0.05) is 24.8 Å². The van der Waals surface area contributed by atoms with E-state index in [9.17, 15) is 0 Å². The molecule has 14 heavy (non-hydrogen) atoms.